The molecule has 0 unspecified atom stereocenters. The molecule has 6 heteroatoms. The first kappa shape index (κ1) is 38.1. The fourth-order valence-corrected chi connectivity index (χ4v) is 5.23. The van der Waals surface area contributed by atoms with Crippen molar-refractivity contribution >= 4 is 20.9 Å². The smallest absolute Gasteiger partial charge is 0.380 e. The van der Waals surface area contributed by atoms with Gasteiger partial charge < -0.3 is 14.2 Å². The van der Waals surface area contributed by atoms with Crippen molar-refractivity contribution in [3.05, 3.63) is 73.0 Å². The van der Waals surface area contributed by atoms with Crippen molar-refractivity contribution < 1.29 is 0 Å². The van der Waals surface area contributed by atoms with Crippen LogP contribution in [-0.4, -0.2) is 35.1 Å². The van der Waals surface area contributed by atoms with E-state index in [1.807, 2.05) is 0 Å². The highest BCUT2D eigenvalue weighted by Crippen LogP contribution is 2.25. The van der Waals surface area contributed by atoms with Gasteiger partial charge in [-0.2, -0.15) is 0 Å². The molecule has 1 aliphatic heterocycles. The molecular weight excluding hydrogens is 507 g/mol. The average molecular weight is 573 g/mol. The van der Waals surface area contributed by atoms with E-state index >= 15 is 0 Å². The van der Waals surface area contributed by atoms with Gasteiger partial charge in [0.2, 0.25) is 0 Å². The Morgan fingerprint density at radius 3 is 0.762 bits per heavy atom. The number of nitrogens with zero attached hydrogens (tertiary/aromatic N) is 3. The Bertz CT molecular complexity index is 622. The predicted molar refractivity (Wildman–Crippen MR) is 195 cm³/mol. The van der Waals surface area contributed by atoms with Gasteiger partial charge >= 0.3 is 20.9 Å². The largest absolute Gasteiger partial charge is 0.424 e. The molecule has 0 amide bonds. The molecule has 0 aromatic rings. The van der Waals surface area contributed by atoms with E-state index in [4.69, 9.17) is 0 Å². The standard InChI is InChI=1S/C36H66B3N3/c1-7-13-19-25-31-37-40(34-28-22-16-10-4)38(32-26-20-14-8-2)42(36-30-24-18-12-6)39(33-27-21-15-9-3)41(37)35-29-23-17-11-5/h25-36H,7-24H2,1-6H3/b31-25+,32-26+,33-27+,34-28+,35-29+,36-30+. The van der Waals surface area contributed by atoms with Gasteiger partial charge in [0.25, 0.3) is 0 Å². The molecule has 0 aromatic carbocycles. The molecule has 0 bridgehead atoms. The fourth-order valence-electron chi connectivity index (χ4n) is 5.23. The highest BCUT2D eigenvalue weighted by Gasteiger charge is 2.47. The van der Waals surface area contributed by atoms with Gasteiger partial charge in [-0.15, -0.1) is 0 Å². The Kier molecular flexibility index (Phi) is 24.1. The molecule has 1 rings (SSSR count). The number of allylic oxidation sites excluding steroid dienone is 6. The first-order valence-electron chi connectivity index (χ1n) is 18.0. The van der Waals surface area contributed by atoms with E-state index in [1.54, 1.807) is 0 Å². The molecular formula is C36H66B3N3. The van der Waals surface area contributed by atoms with E-state index in [2.05, 4.69) is 129 Å². The number of hydrogen-bond acceptors (Lipinski definition) is 3. The van der Waals surface area contributed by atoms with Crippen LogP contribution in [0.25, 0.3) is 0 Å². The van der Waals surface area contributed by atoms with Crippen LogP contribution in [0.15, 0.2) is 73.0 Å². The molecule has 0 aromatic heterocycles. The van der Waals surface area contributed by atoms with E-state index in [-0.39, 0.29) is 20.9 Å². The van der Waals surface area contributed by atoms with Gasteiger partial charge in [-0.1, -0.05) is 173 Å². The molecule has 0 N–H and O–H groups in total. The van der Waals surface area contributed by atoms with Gasteiger partial charge in [-0.25, -0.2) is 0 Å². The first-order chi connectivity index (χ1) is 20.7. The number of unbranched alkanes of at least 4 members (excludes halogenated alkanes) is 12. The lowest BCUT2D eigenvalue weighted by atomic mass is 9.43. The highest BCUT2D eigenvalue weighted by atomic mass is 15.3. The van der Waals surface area contributed by atoms with Crippen LogP contribution in [0.1, 0.15) is 157 Å². The van der Waals surface area contributed by atoms with Crippen LogP contribution >= 0.6 is 0 Å². The van der Waals surface area contributed by atoms with Gasteiger partial charge in [0, 0.05) is 0 Å². The van der Waals surface area contributed by atoms with E-state index in [9.17, 15) is 0 Å². The quantitative estimate of drug-likeness (QED) is 0.0840. The summed E-state index contributed by atoms with van der Waals surface area (Å²) in [5.41, 5.74) is 0. The maximum Gasteiger partial charge on any atom is 0.380 e. The number of hydrogen-bond donors (Lipinski definition) is 0. The second-order valence-corrected chi connectivity index (χ2v) is 11.9. The van der Waals surface area contributed by atoms with Crippen molar-refractivity contribution in [1.82, 2.24) is 14.2 Å². The Morgan fingerprint density at radius 1 is 0.333 bits per heavy atom. The third kappa shape index (κ3) is 15.5. The predicted octanol–water partition coefficient (Wildman–Crippen LogP) is 11.3. The summed E-state index contributed by atoms with van der Waals surface area (Å²) in [7, 11) is 0. The molecule has 0 aliphatic carbocycles. The fraction of sp³-hybridized carbons (Fsp3) is 0.667. The second-order valence-electron chi connectivity index (χ2n) is 11.9. The van der Waals surface area contributed by atoms with E-state index in [0.717, 1.165) is 38.5 Å². The molecule has 0 saturated carbocycles. The van der Waals surface area contributed by atoms with E-state index in [0.29, 0.717) is 0 Å². The highest BCUT2D eigenvalue weighted by molar-refractivity contribution is 6.91. The average Bonchev–Trinajstić information content (AvgIpc) is 3.00. The summed E-state index contributed by atoms with van der Waals surface area (Å²) in [6, 6.07) is 0. The van der Waals surface area contributed by atoms with Gasteiger partial charge in [0.15, 0.2) is 0 Å². The summed E-state index contributed by atoms with van der Waals surface area (Å²) in [4.78, 5) is 0. The van der Waals surface area contributed by atoms with Crippen LogP contribution in [0.3, 0.4) is 0 Å². The van der Waals surface area contributed by atoms with Crippen LogP contribution in [0, 0.1) is 0 Å². The SMILES string of the molecule is CCCC/C=C/B1N(/C=C/CCCC)B(/C=C/CCCC)N(/C=C/CCCC)B(/C=C/CCCC)N1/C=C/CCCC. The van der Waals surface area contributed by atoms with Crippen molar-refractivity contribution in [3.63, 3.8) is 0 Å². The maximum absolute atomic E-state index is 2.62. The third-order valence-corrected chi connectivity index (χ3v) is 7.94. The summed E-state index contributed by atoms with van der Waals surface area (Å²) in [5.74, 6) is 7.46. The molecule has 0 atom stereocenters. The van der Waals surface area contributed by atoms with Crippen molar-refractivity contribution in [1.29, 1.82) is 0 Å². The lowest BCUT2D eigenvalue weighted by Crippen LogP contribution is -2.72. The van der Waals surface area contributed by atoms with Crippen LogP contribution < -0.4 is 0 Å². The van der Waals surface area contributed by atoms with Crippen LogP contribution in [0.4, 0.5) is 0 Å². The minimum Gasteiger partial charge on any atom is -0.424 e. The summed E-state index contributed by atoms with van der Waals surface area (Å²) in [5, 5.41) is 0. The van der Waals surface area contributed by atoms with Crippen molar-refractivity contribution in [2.75, 3.05) is 0 Å². The summed E-state index contributed by atoms with van der Waals surface area (Å²) >= 11 is 0. The monoisotopic (exact) mass is 574 g/mol. The molecule has 0 spiro atoms. The Labute approximate surface area is 264 Å². The lowest BCUT2D eigenvalue weighted by molar-refractivity contribution is 0.619. The zero-order valence-electron chi connectivity index (χ0n) is 28.7. The zero-order valence-corrected chi connectivity index (χ0v) is 28.7. The number of rotatable bonds is 24. The van der Waals surface area contributed by atoms with Crippen LogP contribution in [-0.2, 0) is 0 Å². The topological polar surface area (TPSA) is 9.72 Å². The van der Waals surface area contributed by atoms with Gasteiger partial charge in [0.1, 0.15) is 0 Å². The lowest BCUT2D eigenvalue weighted by Gasteiger charge is -2.51. The van der Waals surface area contributed by atoms with Gasteiger partial charge in [-0.3, -0.25) is 0 Å². The maximum atomic E-state index is 2.62. The van der Waals surface area contributed by atoms with Crippen molar-refractivity contribution in [2.45, 2.75) is 157 Å². The first-order valence-corrected chi connectivity index (χ1v) is 18.0. The Balaban J connectivity index is 3.76. The van der Waals surface area contributed by atoms with Gasteiger partial charge in [0.05, 0.1) is 0 Å². The van der Waals surface area contributed by atoms with Crippen LogP contribution in [0.2, 0.25) is 0 Å². The Hall–Kier alpha value is -1.97. The molecule has 0 radical (unpaired) electrons. The normalized spacial score (nSPS) is 15.3. The minimum atomic E-state index is 0.166. The third-order valence-electron chi connectivity index (χ3n) is 7.94. The summed E-state index contributed by atoms with van der Waals surface area (Å²) < 4.78 is 7.85. The van der Waals surface area contributed by atoms with E-state index in [1.165, 1.54) is 77.0 Å². The zero-order chi connectivity index (χ0) is 30.7. The molecule has 234 valence electrons. The van der Waals surface area contributed by atoms with Gasteiger partial charge in [-0.05, 0) is 57.1 Å². The summed E-state index contributed by atoms with van der Waals surface area (Å²) in [6.45, 7) is 14.2. The molecule has 42 heavy (non-hydrogen) atoms. The molecule has 1 saturated heterocycles. The molecule has 1 aliphatic rings. The Morgan fingerprint density at radius 2 is 0.548 bits per heavy atom. The molecule has 3 nitrogen and oxygen atoms in total. The molecule has 1 fully saturated rings. The molecule has 1 heterocycles. The van der Waals surface area contributed by atoms with Crippen LogP contribution in [0.5, 0.6) is 0 Å². The second kappa shape index (κ2) is 26.6. The van der Waals surface area contributed by atoms with Crippen molar-refractivity contribution in [2.24, 2.45) is 0 Å². The minimum absolute atomic E-state index is 0.166. The van der Waals surface area contributed by atoms with E-state index < -0.39 is 0 Å². The van der Waals surface area contributed by atoms with Crippen molar-refractivity contribution in [3.8, 4) is 0 Å². The summed E-state index contributed by atoms with van der Waals surface area (Å²) in [6.07, 6.45) is 43.5.